The van der Waals surface area contributed by atoms with Gasteiger partial charge >= 0.3 is 0 Å². The minimum Gasteiger partial charge on any atom is -0.343 e. The molecular formula is C14H23N3O3S. The van der Waals surface area contributed by atoms with Gasteiger partial charge in [-0.25, -0.2) is 0 Å². The van der Waals surface area contributed by atoms with Crippen LogP contribution in [0.1, 0.15) is 26.7 Å². The first-order valence-corrected chi connectivity index (χ1v) is 8.28. The fraction of sp³-hybridized carbons (Fsp3) is 0.786. The van der Waals surface area contributed by atoms with Crippen molar-refractivity contribution in [3.8, 4) is 0 Å². The fourth-order valence-electron chi connectivity index (χ4n) is 3.06. The predicted octanol–water partition coefficient (Wildman–Crippen LogP) is -0.0204. The number of carbonyl (C=O) groups is 3. The summed E-state index contributed by atoms with van der Waals surface area (Å²) >= 11 is 1.70. The van der Waals surface area contributed by atoms with Crippen molar-refractivity contribution in [2.75, 3.05) is 19.3 Å². The van der Waals surface area contributed by atoms with Gasteiger partial charge in [-0.3, -0.25) is 9.59 Å². The topological polar surface area (TPSA) is 78.5 Å². The van der Waals surface area contributed by atoms with E-state index in [0.29, 0.717) is 6.42 Å². The Hall–Kier alpha value is -1.08. The predicted molar refractivity (Wildman–Crippen MR) is 81.8 cm³/mol. The number of hydrogen-bond donors (Lipinski definition) is 2. The van der Waals surface area contributed by atoms with Crippen molar-refractivity contribution < 1.29 is 14.4 Å². The molecule has 2 rings (SSSR count). The molecule has 0 aromatic heterocycles. The van der Waals surface area contributed by atoms with Crippen LogP contribution < -0.4 is 10.6 Å². The summed E-state index contributed by atoms with van der Waals surface area (Å²) in [6.07, 6.45) is 2.29. The molecule has 7 heteroatoms. The zero-order chi connectivity index (χ0) is 15.6. The highest BCUT2D eigenvalue weighted by molar-refractivity contribution is 7.99. The Morgan fingerprint density at radius 1 is 1.52 bits per heavy atom. The smallest absolute Gasteiger partial charge is 0.246 e. The number of nitrogens with zero attached hydrogens (tertiary/aromatic N) is 1. The van der Waals surface area contributed by atoms with E-state index >= 15 is 0 Å². The molecule has 2 amide bonds. The van der Waals surface area contributed by atoms with Crippen LogP contribution in [0.4, 0.5) is 0 Å². The van der Waals surface area contributed by atoms with Crippen molar-refractivity contribution in [2.45, 2.75) is 44.1 Å². The molecule has 118 valence electrons. The number of hydrogen-bond acceptors (Lipinski definition) is 5. The molecule has 2 aliphatic rings. The SMILES string of the molecule is CNCC(=O)N[C@H]1CCSC2CC(C)(C)[C@@H](C=O)N2C1=O. The van der Waals surface area contributed by atoms with Gasteiger partial charge in [-0.1, -0.05) is 13.8 Å². The Bertz CT molecular complexity index is 441. The van der Waals surface area contributed by atoms with E-state index in [4.69, 9.17) is 0 Å². The first-order valence-electron chi connectivity index (χ1n) is 7.23. The molecule has 2 aliphatic heterocycles. The van der Waals surface area contributed by atoms with Gasteiger partial charge in [0, 0.05) is 0 Å². The van der Waals surface area contributed by atoms with Crippen molar-refractivity contribution in [1.29, 1.82) is 0 Å². The Morgan fingerprint density at radius 3 is 2.86 bits per heavy atom. The van der Waals surface area contributed by atoms with E-state index in [9.17, 15) is 14.4 Å². The van der Waals surface area contributed by atoms with Crippen LogP contribution in [-0.2, 0) is 14.4 Å². The number of thioether (sulfide) groups is 1. The standard InChI is InChI=1S/C14H23N3O3S/c1-14(2)6-12-17(10(14)8-18)13(20)9(4-5-21-12)16-11(19)7-15-3/h8-10,12,15H,4-7H2,1-3H3,(H,16,19)/t9-,10+,12?/m0/s1. The zero-order valence-electron chi connectivity index (χ0n) is 12.7. The number of amides is 2. The van der Waals surface area contributed by atoms with E-state index in [1.165, 1.54) is 0 Å². The molecule has 2 heterocycles. The molecule has 0 spiro atoms. The minimum absolute atomic E-state index is 0.0360. The Morgan fingerprint density at radius 2 is 2.24 bits per heavy atom. The van der Waals surface area contributed by atoms with Crippen molar-refractivity contribution in [1.82, 2.24) is 15.5 Å². The first kappa shape index (κ1) is 16.3. The summed E-state index contributed by atoms with van der Waals surface area (Å²) in [6, 6.07) is -0.941. The van der Waals surface area contributed by atoms with Gasteiger partial charge in [0.25, 0.3) is 0 Å². The van der Waals surface area contributed by atoms with Gasteiger partial charge in [0.15, 0.2) is 0 Å². The van der Waals surface area contributed by atoms with E-state index in [1.54, 1.807) is 23.7 Å². The molecule has 0 saturated carbocycles. The fourth-order valence-corrected chi connectivity index (χ4v) is 4.64. The van der Waals surface area contributed by atoms with Crippen LogP contribution in [0.2, 0.25) is 0 Å². The zero-order valence-corrected chi connectivity index (χ0v) is 13.5. The van der Waals surface area contributed by atoms with Gasteiger partial charge in [0.2, 0.25) is 11.8 Å². The van der Waals surface area contributed by atoms with Gasteiger partial charge in [-0.15, -0.1) is 11.8 Å². The summed E-state index contributed by atoms with van der Waals surface area (Å²) in [5, 5.41) is 5.58. The number of aldehydes is 1. The third-order valence-electron chi connectivity index (χ3n) is 4.18. The lowest BCUT2D eigenvalue weighted by Crippen LogP contribution is -2.53. The van der Waals surface area contributed by atoms with Gasteiger partial charge < -0.3 is 20.3 Å². The Kier molecular flexibility index (Phi) is 4.93. The first-order chi connectivity index (χ1) is 9.90. The highest BCUT2D eigenvalue weighted by Crippen LogP contribution is 2.45. The molecule has 21 heavy (non-hydrogen) atoms. The molecule has 6 nitrogen and oxygen atoms in total. The molecule has 2 fully saturated rings. The van der Waals surface area contributed by atoms with Gasteiger partial charge in [0.05, 0.1) is 18.0 Å². The number of carbonyl (C=O) groups excluding carboxylic acids is 3. The third kappa shape index (κ3) is 3.23. The highest BCUT2D eigenvalue weighted by atomic mass is 32.2. The Balaban J connectivity index is 2.17. The second-order valence-corrected chi connectivity index (χ2v) is 7.57. The van der Waals surface area contributed by atoms with Crippen molar-refractivity contribution in [2.24, 2.45) is 5.41 Å². The summed E-state index contributed by atoms with van der Waals surface area (Å²) in [7, 11) is 1.69. The summed E-state index contributed by atoms with van der Waals surface area (Å²) in [5.41, 5.74) is -0.216. The van der Waals surface area contributed by atoms with Crippen LogP contribution in [0.3, 0.4) is 0 Å². The quantitative estimate of drug-likeness (QED) is 0.713. The van der Waals surface area contributed by atoms with E-state index in [1.807, 2.05) is 13.8 Å². The lowest BCUT2D eigenvalue weighted by atomic mass is 9.85. The lowest BCUT2D eigenvalue weighted by Gasteiger charge is -2.31. The maximum Gasteiger partial charge on any atom is 0.246 e. The molecule has 0 aromatic carbocycles. The van der Waals surface area contributed by atoms with Crippen LogP contribution in [-0.4, -0.2) is 59.8 Å². The molecule has 2 N–H and O–H groups in total. The second kappa shape index (κ2) is 6.36. The highest BCUT2D eigenvalue weighted by Gasteiger charge is 2.51. The molecule has 2 saturated heterocycles. The number of rotatable bonds is 4. The van der Waals surface area contributed by atoms with Crippen LogP contribution in [0.5, 0.6) is 0 Å². The summed E-state index contributed by atoms with van der Waals surface area (Å²) < 4.78 is 0. The second-order valence-electron chi connectivity index (χ2n) is 6.28. The number of nitrogens with one attached hydrogen (secondary N) is 2. The van der Waals surface area contributed by atoms with Crippen LogP contribution in [0.15, 0.2) is 0 Å². The van der Waals surface area contributed by atoms with Gasteiger partial charge in [0.1, 0.15) is 12.3 Å². The Labute approximate surface area is 129 Å². The molecule has 1 unspecified atom stereocenters. The molecule has 3 atom stereocenters. The monoisotopic (exact) mass is 313 g/mol. The summed E-state index contributed by atoms with van der Waals surface area (Å²) in [5.74, 6) is 0.483. The largest absolute Gasteiger partial charge is 0.343 e. The molecule has 0 radical (unpaired) electrons. The third-order valence-corrected chi connectivity index (χ3v) is 5.43. The van der Waals surface area contributed by atoms with Crippen molar-refractivity contribution in [3.63, 3.8) is 0 Å². The average molecular weight is 313 g/mol. The van der Waals surface area contributed by atoms with Crippen molar-refractivity contribution in [3.05, 3.63) is 0 Å². The lowest BCUT2D eigenvalue weighted by molar-refractivity contribution is -0.140. The normalized spacial score (nSPS) is 31.5. The molecule has 0 bridgehead atoms. The molecule has 0 aliphatic carbocycles. The van der Waals surface area contributed by atoms with E-state index in [0.717, 1.165) is 18.5 Å². The van der Waals surface area contributed by atoms with Crippen LogP contribution in [0, 0.1) is 5.41 Å². The van der Waals surface area contributed by atoms with E-state index in [-0.39, 0.29) is 29.1 Å². The summed E-state index contributed by atoms with van der Waals surface area (Å²) in [4.78, 5) is 37.6. The molecule has 0 aromatic rings. The van der Waals surface area contributed by atoms with Gasteiger partial charge in [-0.05, 0) is 31.1 Å². The van der Waals surface area contributed by atoms with Gasteiger partial charge in [-0.2, -0.15) is 0 Å². The number of likely N-dealkylation sites (N-methyl/N-ethyl adjacent to an activating group) is 1. The average Bonchev–Trinajstić information content (AvgIpc) is 2.58. The van der Waals surface area contributed by atoms with Crippen LogP contribution in [0.25, 0.3) is 0 Å². The van der Waals surface area contributed by atoms with E-state index in [2.05, 4.69) is 10.6 Å². The maximum absolute atomic E-state index is 12.7. The van der Waals surface area contributed by atoms with Crippen LogP contribution >= 0.6 is 11.8 Å². The van der Waals surface area contributed by atoms with E-state index < -0.39 is 12.1 Å². The molecular weight excluding hydrogens is 290 g/mol. The van der Waals surface area contributed by atoms with Crippen molar-refractivity contribution >= 4 is 29.9 Å². The summed E-state index contributed by atoms with van der Waals surface area (Å²) in [6.45, 7) is 4.22. The maximum atomic E-state index is 12.7. The minimum atomic E-state index is -0.528. The number of fused-ring (bicyclic) bond motifs is 1.